The molecule has 1 aromatic rings. The van der Waals surface area contributed by atoms with Crippen molar-refractivity contribution in [1.82, 2.24) is 15.5 Å². The van der Waals surface area contributed by atoms with Gasteiger partial charge >= 0.3 is 0 Å². The second kappa shape index (κ2) is 5.78. The fourth-order valence-corrected chi connectivity index (χ4v) is 6.71. The Hall–Kier alpha value is -0.200. The van der Waals surface area contributed by atoms with Gasteiger partial charge in [-0.1, -0.05) is 25.4 Å². The zero-order valence-corrected chi connectivity index (χ0v) is 14.3. The molecule has 116 valence electrons. The summed E-state index contributed by atoms with van der Waals surface area (Å²) in [5, 5.41) is 9.65. The lowest BCUT2D eigenvalue weighted by molar-refractivity contribution is 0.300. The van der Waals surface area contributed by atoms with Gasteiger partial charge < -0.3 is 9.84 Å². The Labute approximate surface area is 134 Å². The van der Waals surface area contributed by atoms with Gasteiger partial charge in [0.25, 0.3) is 0 Å². The van der Waals surface area contributed by atoms with E-state index < -0.39 is 0 Å². The highest BCUT2D eigenvalue weighted by Gasteiger charge is 2.42. The molecule has 6 atom stereocenters. The van der Waals surface area contributed by atoms with Crippen LogP contribution in [0.15, 0.2) is 4.52 Å². The molecule has 0 radical (unpaired) electrons. The zero-order valence-electron chi connectivity index (χ0n) is 12.6. The standard InChI is InChI=1S/C15H23N3OS2/c1-8-9(2)21-12(7-20-8)14-17-15(19-18-14)13-11-5-3-4-10(11)6-16-13/h8-13,16H,3-7H2,1-2H3. The predicted molar refractivity (Wildman–Crippen MR) is 87.6 cm³/mol. The van der Waals surface area contributed by atoms with Crippen molar-refractivity contribution in [3.63, 3.8) is 0 Å². The second-order valence-electron chi connectivity index (χ2n) is 6.60. The Balaban J connectivity index is 1.48. The third-order valence-electron chi connectivity index (χ3n) is 5.31. The first-order valence-corrected chi connectivity index (χ1v) is 10.1. The molecule has 21 heavy (non-hydrogen) atoms. The molecule has 0 aromatic carbocycles. The van der Waals surface area contributed by atoms with Gasteiger partial charge in [-0.05, 0) is 31.2 Å². The summed E-state index contributed by atoms with van der Waals surface area (Å²) in [6.07, 6.45) is 4.03. The Kier molecular flexibility index (Phi) is 3.96. The van der Waals surface area contributed by atoms with Crippen LogP contribution >= 0.6 is 23.5 Å². The van der Waals surface area contributed by atoms with E-state index in [1.807, 2.05) is 23.5 Å². The molecular weight excluding hydrogens is 302 g/mol. The summed E-state index contributed by atoms with van der Waals surface area (Å²) in [7, 11) is 0. The van der Waals surface area contributed by atoms with E-state index >= 15 is 0 Å². The van der Waals surface area contributed by atoms with Gasteiger partial charge in [0.15, 0.2) is 5.82 Å². The molecule has 2 aliphatic heterocycles. The van der Waals surface area contributed by atoms with Crippen LogP contribution < -0.4 is 5.32 Å². The number of rotatable bonds is 2. The van der Waals surface area contributed by atoms with Crippen LogP contribution in [0.25, 0.3) is 0 Å². The van der Waals surface area contributed by atoms with Crippen molar-refractivity contribution in [1.29, 1.82) is 0 Å². The number of thioether (sulfide) groups is 2. The molecule has 3 fully saturated rings. The highest BCUT2D eigenvalue weighted by molar-refractivity contribution is 8.07. The fraction of sp³-hybridized carbons (Fsp3) is 0.867. The Bertz CT molecular complexity index is 509. The third kappa shape index (κ3) is 2.63. The van der Waals surface area contributed by atoms with E-state index in [9.17, 15) is 0 Å². The van der Waals surface area contributed by atoms with Crippen molar-refractivity contribution in [3.8, 4) is 0 Å². The Morgan fingerprint density at radius 3 is 3.00 bits per heavy atom. The van der Waals surface area contributed by atoms with Gasteiger partial charge in [-0.2, -0.15) is 16.7 Å². The van der Waals surface area contributed by atoms with Crippen LogP contribution in [-0.4, -0.2) is 32.9 Å². The van der Waals surface area contributed by atoms with Gasteiger partial charge in [0.2, 0.25) is 5.89 Å². The number of nitrogens with zero attached hydrogens (tertiary/aromatic N) is 2. The maximum absolute atomic E-state index is 5.63. The highest BCUT2D eigenvalue weighted by Crippen LogP contribution is 2.46. The average molecular weight is 326 g/mol. The lowest BCUT2D eigenvalue weighted by Crippen LogP contribution is -2.22. The lowest BCUT2D eigenvalue weighted by Gasteiger charge is -2.29. The summed E-state index contributed by atoms with van der Waals surface area (Å²) in [6.45, 7) is 5.73. The van der Waals surface area contributed by atoms with E-state index in [0.717, 1.165) is 29.9 Å². The second-order valence-corrected chi connectivity index (χ2v) is 9.59. The molecule has 1 aliphatic carbocycles. The highest BCUT2D eigenvalue weighted by atomic mass is 32.2. The van der Waals surface area contributed by atoms with Gasteiger partial charge in [-0.25, -0.2) is 0 Å². The average Bonchev–Trinajstić information content (AvgIpc) is 3.16. The molecule has 1 aromatic heterocycles. The molecule has 3 heterocycles. The quantitative estimate of drug-likeness (QED) is 0.899. The number of fused-ring (bicyclic) bond motifs is 1. The summed E-state index contributed by atoms with van der Waals surface area (Å²) in [4.78, 5) is 4.76. The topological polar surface area (TPSA) is 51.0 Å². The van der Waals surface area contributed by atoms with E-state index in [4.69, 9.17) is 9.51 Å². The molecule has 0 spiro atoms. The minimum absolute atomic E-state index is 0.302. The number of hydrogen-bond acceptors (Lipinski definition) is 6. The Morgan fingerprint density at radius 1 is 1.24 bits per heavy atom. The van der Waals surface area contributed by atoms with Crippen molar-refractivity contribution in [2.75, 3.05) is 12.3 Å². The van der Waals surface area contributed by atoms with Crippen molar-refractivity contribution >= 4 is 23.5 Å². The van der Waals surface area contributed by atoms with Gasteiger partial charge in [0.1, 0.15) is 0 Å². The number of hydrogen-bond donors (Lipinski definition) is 1. The van der Waals surface area contributed by atoms with Crippen LogP contribution in [0.4, 0.5) is 0 Å². The largest absolute Gasteiger partial charge is 0.338 e. The van der Waals surface area contributed by atoms with Gasteiger partial charge in [-0.3, -0.25) is 0 Å². The first-order chi connectivity index (χ1) is 10.2. The molecule has 4 rings (SSSR count). The van der Waals surface area contributed by atoms with Crippen molar-refractivity contribution in [2.45, 2.75) is 54.9 Å². The molecule has 1 saturated carbocycles. The normalized spacial score (nSPS) is 43.1. The maximum Gasteiger partial charge on any atom is 0.244 e. The summed E-state index contributed by atoms with van der Waals surface area (Å²) in [6, 6.07) is 0.302. The smallest absolute Gasteiger partial charge is 0.244 e. The Morgan fingerprint density at radius 2 is 2.14 bits per heavy atom. The number of nitrogens with one attached hydrogen (secondary N) is 1. The monoisotopic (exact) mass is 325 g/mol. The van der Waals surface area contributed by atoms with E-state index in [-0.39, 0.29) is 0 Å². The van der Waals surface area contributed by atoms with Crippen LogP contribution in [0.1, 0.15) is 56.1 Å². The molecule has 3 aliphatic rings. The van der Waals surface area contributed by atoms with Gasteiger partial charge in [0, 0.05) is 16.3 Å². The molecule has 4 nitrogen and oxygen atoms in total. The number of aromatic nitrogens is 2. The van der Waals surface area contributed by atoms with Crippen LogP contribution in [0, 0.1) is 11.8 Å². The molecule has 2 saturated heterocycles. The van der Waals surface area contributed by atoms with Gasteiger partial charge in [0.05, 0.1) is 11.3 Å². The summed E-state index contributed by atoms with van der Waals surface area (Å²) >= 11 is 4.02. The fourth-order valence-electron chi connectivity index (χ4n) is 3.88. The summed E-state index contributed by atoms with van der Waals surface area (Å²) in [5.74, 6) is 4.37. The van der Waals surface area contributed by atoms with Crippen LogP contribution in [0.2, 0.25) is 0 Å². The molecule has 6 heteroatoms. The van der Waals surface area contributed by atoms with Crippen molar-refractivity contribution in [3.05, 3.63) is 11.7 Å². The zero-order chi connectivity index (χ0) is 14.4. The summed E-state index contributed by atoms with van der Waals surface area (Å²) < 4.78 is 5.63. The third-order valence-corrected chi connectivity index (χ3v) is 8.69. The SMILES string of the molecule is CC1SCC(c2noc(C3NCC4CCCC43)n2)SC1C. The van der Waals surface area contributed by atoms with E-state index in [1.165, 1.54) is 19.3 Å². The predicted octanol–water partition coefficient (Wildman–Crippen LogP) is 3.43. The van der Waals surface area contributed by atoms with Crippen LogP contribution in [-0.2, 0) is 0 Å². The summed E-state index contributed by atoms with van der Waals surface area (Å²) in [5.41, 5.74) is 0. The van der Waals surface area contributed by atoms with Crippen LogP contribution in [0.5, 0.6) is 0 Å². The molecule has 1 N–H and O–H groups in total. The molecular formula is C15H23N3OS2. The van der Waals surface area contributed by atoms with E-state index in [1.54, 1.807) is 0 Å². The molecule has 0 amide bonds. The minimum Gasteiger partial charge on any atom is -0.338 e. The van der Waals surface area contributed by atoms with Gasteiger partial charge in [-0.15, -0.1) is 11.8 Å². The minimum atomic E-state index is 0.302. The van der Waals surface area contributed by atoms with Crippen LogP contribution in [0.3, 0.4) is 0 Å². The first-order valence-electron chi connectivity index (χ1n) is 8.06. The maximum atomic E-state index is 5.63. The van der Waals surface area contributed by atoms with Crippen molar-refractivity contribution < 1.29 is 4.52 Å². The van der Waals surface area contributed by atoms with Crippen molar-refractivity contribution in [2.24, 2.45) is 11.8 Å². The first kappa shape index (κ1) is 14.4. The molecule has 6 unspecified atom stereocenters. The lowest BCUT2D eigenvalue weighted by atomic mass is 9.94. The van der Waals surface area contributed by atoms with E-state index in [2.05, 4.69) is 24.3 Å². The molecule has 0 bridgehead atoms. The van der Waals surface area contributed by atoms with E-state index in [0.29, 0.717) is 27.7 Å².